The first-order valence-corrected chi connectivity index (χ1v) is 8.95. The van der Waals surface area contributed by atoms with Gasteiger partial charge in [0.25, 0.3) is 0 Å². The molecule has 0 spiro atoms. The van der Waals surface area contributed by atoms with Gasteiger partial charge in [-0.3, -0.25) is 4.79 Å². The van der Waals surface area contributed by atoms with Crippen molar-refractivity contribution in [3.8, 4) is 11.1 Å². The van der Waals surface area contributed by atoms with Gasteiger partial charge < -0.3 is 11.1 Å². The number of carbonyl (C=O) groups excluding carboxylic acids is 1. The summed E-state index contributed by atoms with van der Waals surface area (Å²) in [5.41, 5.74) is 8.01. The van der Waals surface area contributed by atoms with Gasteiger partial charge in [0.1, 0.15) is 0 Å². The van der Waals surface area contributed by atoms with E-state index in [2.05, 4.69) is 20.3 Å². The van der Waals surface area contributed by atoms with Crippen LogP contribution in [-0.4, -0.2) is 20.9 Å². The Bertz CT molecular complexity index is 871. The summed E-state index contributed by atoms with van der Waals surface area (Å²) >= 11 is 1.43. The molecule has 0 atom stereocenters. The maximum absolute atomic E-state index is 12.8. The highest BCUT2D eigenvalue weighted by Crippen LogP contribution is 2.45. The molecule has 2 aromatic heterocycles. The number of amides is 1. The van der Waals surface area contributed by atoms with Crippen LogP contribution in [0.1, 0.15) is 24.8 Å². The van der Waals surface area contributed by atoms with Gasteiger partial charge >= 0.3 is 0 Å². The van der Waals surface area contributed by atoms with E-state index in [0.29, 0.717) is 5.13 Å². The fourth-order valence-corrected chi connectivity index (χ4v) is 3.67. The lowest BCUT2D eigenvalue weighted by Crippen LogP contribution is -2.45. The minimum absolute atomic E-state index is 0.0252. The highest BCUT2D eigenvalue weighted by molar-refractivity contribution is 7.13. The molecule has 6 nitrogen and oxygen atoms in total. The number of aromatic nitrogens is 3. The summed E-state index contributed by atoms with van der Waals surface area (Å²) in [7, 11) is 0. The van der Waals surface area contributed by atoms with E-state index in [1.165, 1.54) is 11.3 Å². The molecule has 0 bridgehead atoms. The zero-order valence-corrected chi connectivity index (χ0v) is 14.3. The molecular formula is C18H17N5OS. The first-order chi connectivity index (χ1) is 12.2. The number of anilines is 2. The normalized spacial score (nSPS) is 15.4. The molecule has 25 heavy (non-hydrogen) atoms. The van der Waals surface area contributed by atoms with Gasteiger partial charge in [0.2, 0.25) is 11.9 Å². The zero-order chi connectivity index (χ0) is 17.3. The van der Waals surface area contributed by atoms with Gasteiger partial charge in [-0.1, -0.05) is 30.7 Å². The third-order valence-corrected chi connectivity index (χ3v) is 5.43. The van der Waals surface area contributed by atoms with E-state index in [1.807, 2.05) is 29.6 Å². The average molecular weight is 351 g/mol. The molecule has 1 aromatic carbocycles. The third-order valence-electron chi connectivity index (χ3n) is 4.74. The summed E-state index contributed by atoms with van der Waals surface area (Å²) < 4.78 is 0. The van der Waals surface area contributed by atoms with E-state index in [4.69, 9.17) is 5.73 Å². The second-order valence-electron chi connectivity index (χ2n) is 6.13. The van der Waals surface area contributed by atoms with Gasteiger partial charge in [-0.2, -0.15) is 0 Å². The molecule has 0 aliphatic heterocycles. The summed E-state index contributed by atoms with van der Waals surface area (Å²) in [4.78, 5) is 25.0. The highest BCUT2D eigenvalue weighted by Gasteiger charge is 2.45. The maximum Gasteiger partial charge on any atom is 0.236 e. The third kappa shape index (κ3) is 2.87. The van der Waals surface area contributed by atoms with Gasteiger partial charge in [-0.15, -0.1) is 11.3 Å². The molecule has 1 amide bonds. The van der Waals surface area contributed by atoms with Crippen LogP contribution in [-0.2, 0) is 10.2 Å². The Morgan fingerprint density at radius 1 is 1.08 bits per heavy atom. The van der Waals surface area contributed by atoms with Crippen molar-refractivity contribution in [2.75, 3.05) is 11.1 Å². The Kier molecular flexibility index (Phi) is 3.93. The van der Waals surface area contributed by atoms with Gasteiger partial charge in [0.15, 0.2) is 5.13 Å². The van der Waals surface area contributed by atoms with Crippen LogP contribution < -0.4 is 11.1 Å². The van der Waals surface area contributed by atoms with Crippen molar-refractivity contribution in [1.29, 1.82) is 0 Å². The Balaban J connectivity index is 1.59. The van der Waals surface area contributed by atoms with Crippen molar-refractivity contribution in [3.05, 3.63) is 53.8 Å². The van der Waals surface area contributed by atoms with Gasteiger partial charge in [0, 0.05) is 29.5 Å². The molecule has 126 valence electrons. The number of nitrogens with zero attached hydrogens (tertiary/aromatic N) is 3. The van der Waals surface area contributed by atoms with Gasteiger partial charge in [0.05, 0.1) is 5.41 Å². The van der Waals surface area contributed by atoms with Crippen LogP contribution in [0.3, 0.4) is 0 Å². The van der Waals surface area contributed by atoms with Crippen LogP contribution in [0.4, 0.5) is 11.1 Å². The number of carbonyl (C=O) groups is 1. The Morgan fingerprint density at radius 3 is 2.36 bits per heavy atom. The van der Waals surface area contributed by atoms with Crippen LogP contribution in [0.15, 0.2) is 48.2 Å². The minimum Gasteiger partial charge on any atom is -0.368 e. The Morgan fingerprint density at radius 2 is 1.80 bits per heavy atom. The molecular weight excluding hydrogens is 334 g/mol. The van der Waals surface area contributed by atoms with Crippen LogP contribution >= 0.6 is 11.3 Å². The number of thiazole rings is 1. The SMILES string of the molecule is Nc1ncc(-c2ccc(C3(C(=O)Nc4nccs4)CCC3)cc2)cn1. The predicted octanol–water partition coefficient (Wildman–Crippen LogP) is 3.24. The molecule has 2 heterocycles. The summed E-state index contributed by atoms with van der Waals surface area (Å²) in [6, 6.07) is 8.04. The highest BCUT2D eigenvalue weighted by atomic mass is 32.1. The van der Waals surface area contributed by atoms with Crippen molar-refractivity contribution in [1.82, 2.24) is 15.0 Å². The molecule has 1 saturated carbocycles. The molecule has 0 saturated heterocycles. The largest absolute Gasteiger partial charge is 0.368 e. The number of benzene rings is 1. The standard InChI is InChI=1S/C18H17N5OS/c19-16-21-10-13(11-22-16)12-2-4-14(5-3-12)18(6-1-7-18)15(24)23-17-20-8-9-25-17/h2-5,8-11H,1,6-7H2,(H2,19,21,22)(H,20,23,24). The molecule has 0 unspecified atom stereocenters. The van der Waals surface area contributed by atoms with Crippen LogP contribution in [0.5, 0.6) is 0 Å². The summed E-state index contributed by atoms with van der Waals surface area (Å²) in [5.74, 6) is 0.282. The van der Waals surface area contributed by atoms with Gasteiger partial charge in [-0.25, -0.2) is 15.0 Å². The second kappa shape index (κ2) is 6.25. The average Bonchev–Trinajstić information content (AvgIpc) is 3.08. The number of hydrogen-bond donors (Lipinski definition) is 2. The second-order valence-corrected chi connectivity index (χ2v) is 7.03. The first kappa shape index (κ1) is 15.7. The quantitative estimate of drug-likeness (QED) is 0.752. The molecule has 3 N–H and O–H groups in total. The van der Waals surface area contributed by atoms with E-state index in [-0.39, 0.29) is 11.9 Å². The van der Waals surface area contributed by atoms with Crippen LogP contribution in [0, 0.1) is 0 Å². The molecule has 3 aromatic rings. The Hall–Kier alpha value is -2.80. The Labute approximate surface area is 149 Å². The van der Waals surface area contributed by atoms with Crippen molar-refractivity contribution >= 4 is 28.3 Å². The summed E-state index contributed by atoms with van der Waals surface area (Å²) in [5, 5.41) is 5.45. The maximum atomic E-state index is 12.8. The van der Waals surface area contributed by atoms with Crippen molar-refractivity contribution in [2.45, 2.75) is 24.7 Å². The minimum atomic E-state index is -0.457. The topological polar surface area (TPSA) is 93.8 Å². The fourth-order valence-electron chi connectivity index (χ4n) is 3.15. The molecule has 0 radical (unpaired) electrons. The number of nitrogen functional groups attached to an aromatic ring is 1. The number of rotatable bonds is 4. The first-order valence-electron chi connectivity index (χ1n) is 8.07. The fraction of sp³-hybridized carbons (Fsp3) is 0.222. The van der Waals surface area contributed by atoms with Crippen molar-refractivity contribution in [3.63, 3.8) is 0 Å². The molecule has 1 fully saturated rings. The lowest BCUT2D eigenvalue weighted by atomic mass is 9.63. The molecule has 7 heteroatoms. The zero-order valence-electron chi connectivity index (χ0n) is 13.5. The number of nitrogens with two attached hydrogens (primary N) is 1. The van der Waals surface area contributed by atoms with Crippen molar-refractivity contribution < 1.29 is 4.79 Å². The lowest BCUT2D eigenvalue weighted by molar-refractivity contribution is -0.124. The number of nitrogens with one attached hydrogen (secondary N) is 1. The lowest BCUT2D eigenvalue weighted by Gasteiger charge is -2.40. The molecule has 1 aliphatic carbocycles. The summed E-state index contributed by atoms with van der Waals surface area (Å²) in [6.45, 7) is 0. The van der Waals surface area contributed by atoms with E-state index in [0.717, 1.165) is 36.0 Å². The molecule has 4 rings (SSSR count). The summed E-state index contributed by atoms with van der Waals surface area (Å²) in [6.07, 6.45) is 7.86. The van der Waals surface area contributed by atoms with E-state index >= 15 is 0 Å². The molecule has 1 aliphatic rings. The van der Waals surface area contributed by atoms with E-state index in [9.17, 15) is 4.79 Å². The smallest absolute Gasteiger partial charge is 0.236 e. The van der Waals surface area contributed by atoms with E-state index in [1.54, 1.807) is 18.6 Å². The van der Waals surface area contributed by atoms with Crippen molar-refractivity contribution in [2.24, 2.45) is 0 Å². The van der Waals surface area contributed by atoms with E-state index < -0.39 is 5.41 Å². The van der Waals surface area contributed by atoms with Crippen LogP contribution in [0.2, 0.25) is 0 Å². The van der Waals surface area contributed by atoms with Crippen LogP contribution in [0.25, 0.3) is 11.1 Å². The van der Waals surface area contributed by atoms with Gasteiger partial charge in [-0.05, 0) is 24.0 Å². The predicted molar refractivity (Wildman–Crippen MR) is 98.2 cm³/mol. The monoisotopic (exact) mass is 351 g/mol. The number of hydrogen-bond acceptors (Lipinski definition) is 6.